The van der Waals surface area contributed by atoms with Crippen LogP contribution in [0.4, 0.5) is 5.82 Å². The van der Waals surface area contributed by atoms with E-state index in [1.54, 1.807) is 0 Å². The Morgan fingerprint density at radius 3 is 3.00 bits per heavy atom. The van der Waals surface area contributed by atoms with E-state index >= 15 is 0 Å². The summed E-state index contributed by atoms with van der Waals surface area (Å²) >= 11 is 0. The molecule has 0 saturated carbocycles. The fourth-order valence-corrected chi connectivity index (χ4v) is 2.12. The summed E-state index contributed by atoms with van der Waals surface area (Å²) in [5.74, 6) is 1.09. The third kappa shape index (κ3) is 5.03. The number of hydrogen-bond donors (Lipinski definition) is 1. The van der Waals surface area contributed by atoms with E-state index in [2.05, 4.69) is 48.7 Å². The highest BCUT2D eigenvalue weighted by Crippen LogP contribution is 2.23. The molecule has 106 valence electrons. The maximum atomic E-state index is 4.55. The van der Waals surface area contributed by atoms with Crippen molar-refractivity contribution in [1.29, 1.82) is 0 Å². The Morgan fingerprint density at radius 2 is 2.32 bits per heavy atom. The van der Waals surface area contributed by atoms with Gasteiger partial charge >= 0.3 is 0 Å². The number of nitrogens with one attached hydrogen (secondary N) is 1. The Balaban J connectivity index is 2.73. The number of hydrogen-bond acceptors (Lipinski definition) is 3. The van der Waals surface area contributed by atoms with Crippen molar-refractivity contribution in [1.82, 2.24) is 10.3 Å². The van der Waals surface area contributed by atoms with Crippen LogP contribution in [-0.2, 0) is 0 Å². The molecule has 3 heteroatoms. The molecule has 0 aliphatic heterocycles. The van der Waals surface area contributed by atoms with E-state index in [1.807, 2.05) is 18.3 Å². The third-order valence-corrected chi connectivity index (χ3v) is 3.25. The van der Waals surface area contributed by atoms with Gasteiger partial charge in [0.15, 0.2) is 0 Å². The molecule has 0 fully saturated rings. The van der Waals surface area contributed by atoms with Crippen molar-refractivity contribution in [2.75, 3.05) is 25.0 Å². The maximum absolute atomic E-state index is 4.55. The van der Waals surface area contributed by atoms with Gasteiger partial charge in [0.25, 0.3) is 0 Å². The summed E-state index contributed by atoms with van der Waals surface area (Å²) in [4.78, 5) is 6.79. The second-order valence-corrected chi connectivity index (χ2v) is 4.94. The molecule has 0 radical (unpaired) electrons. The quantitative estimate of drug-likeness (QED) is 0.544. The van der Waals surface area contributed by atoms with Crippen molar-refractivity contribution in [3.05, 3.63) is 36.5 Å². The number of rotatable bonds is 9. The van der Waals surface area contributed by atoms with Crippen LogP contribution < -0.4 is 10.2 Å². The Kier molecular flexibility index (Phi) is 7.19. The molecule has 1 aromatic heterocycles. The van der Waals surface area contributed by atoms with E-state index in [-0.39, 0.29) is 0 Å². The lowest BCUT2D eigenvalue weighted by Crippen LogP contribution is -2.25. The Hall–Kier alpha value is -1.35. The lowest BCUT2D eigenvalue weighted by atomic mass is 10.1. The van der Waals surface area contributed by atoms with Gasteiger partial charge < -0.3 is 10.2 Å². The van der Waals surface area contributed by atoms with Crippen LogP contribution in [0.15, 0.2) is 31.0 Å². The topological polar surface area (TPSA) is 28.2 Å². The van der Waals surface area contributed by atoms with Gasteiger partial charge in [-0.1, -0.05) is 19.1 Å². The monoisotopic (exact) mass is 261 g/mol. The first-order valence-corrected chi connectivity index (χ1v) is 7.21. The van der Waals surface area contributed by atoms with Crippen LogP contribution in [0.3, 0.4) is 0 Å². The molecule has 1 aromatic rings. The van der Waals surface area contributed by atoms with Crippen molar-refractivity contribution >= 4 is 5.82 Å². The van der Waals surface area contributed by atoms with Crippen LogP contribution in [0.25, 0.3) is 0 Å². The van der Waals surface area contributed by atoms with Crippen LogP contribution in [-0.4, -0.2) is 25.1 Å². The molecule has 1 heterocycles. The molecule has 0 spiro atoms. The van der Waals surface area contributed by atoms with Gasteiger partial charge in [0.05, 0.1) is 0 Å². The van der Waals surface area contributed by atoms with E-state index in [1.165, 1.54) is 5.56 Å². The van der Waals surface area contributed by atoms with Crippen LogP contribution in [0.2, 0.25) is 0 Å². The van der Waals surface area contributed by atoms with Gasteiger partial charge in [0.1, 0.15) is 5.82 Å². The van der Waals surface area contributed by atoms with Gasteiger partial charge in [-0.3, -0.25) is 0 Å². The van der Waals surface area contributed by atoms with Crippen LogP contribution in [0.5, 0.6) is 0 Å². The zero-order chi connectivity index (χ0) is 14.1. The maximum Gasteiger partial charge on any atom is 0.133 e. The molecule has 0 bridgehead atoms. The van der Waals surface area contributed by atoms with Crippen molar-refractivity contribution in [3.63, 3.8) is 0 Å². The van der Waals surface area contributed by atoms with Gasteiger partial charge in [0.2, 0.25) is 0 Å². The molecule has 0 amide bonds. The van der Waals surface area contributed by atoms with Gasteiger partial charge in [0, 0.05) is 31.4 Å². The zero-order valence-electron chi connectivity index (χ0n) is 12.5. The van der Waals surface area contributed by atoms with E-state index in [9.17, 15) is 0 Å². The molecular formula is C16H27N3. The van der Waals surface area contributed by atoms with E-state index in [0.29, 0.717) is 6.04 Å². The van der Waals surface area contributed by atoms with Crippen molar-refractivity contribution in [3.8, 4) is 0 Å². The molecule has 3 nitrogen and oxygen atoms in total. The Labute approximate surface area is 117 Å². The van der Waals surface area contributed by atoms with Crippen molar-refractivity contribution in [2.45, 2.75) is 39.2 Å². The largest absolute Gasteiger partial charge is 0.359 e. The Bertz CT molecular complexity index is 376. The third-order valence-electron chi connectivity index (χ3n) is 3.25. The van der Waals surface area contributed by atoms with Crippen LogP contribution >= 0.6 is 0 Å². The minimum atomic E-state index is 0.338. The first-order chi connectivity index (χ1) is 9.20. The first kappa shape index (κ1) is 15.7. The fraction of sp³-hybridized carbons (Fsp3) is 0.562. The molecule has 0 aliphatic rings. The molecule has 0 aromatic carbocycles. The fourth-order valence-electron chi connectivity index (χ4n) is 2.12. The molecule has 19 heavy (non-hydrogen) atoms. The lowest BCUT2D eigenvalue weighted by molar-refractivity contribution is 0.568. The second kappa shape index (κ2) is 8.70. The highest BCUT2D eigenvalue weighted by Gasteiger charge is 2.13. The number of anilines is 1. The number of nitrogens with zero attached hydrogens (tertiary/aromatic N) is 2. The summed E-state index contributed by atoms with van der Waals surface area (Å²) < 4.78 is 0. The van der Waals surface area contributed by atoms with Crippen molar-refractivity contribution < 1.29 is 0 Å². The van der Waals surface area contributed by atoms with Crippen LogP contribution in [0.1, 0.15) is 44.7 Å². The molecule has 0 aliphatic carbocycles. The summed E-state index contributed by atoms with van der Waals surface area (Å²) in [5, 5.41) is 3.53. The van der Waals surface area contributed by atoms with E-state index in [4.69, 9.17) is 0 Å². The summed E-state index contributed by atoms with van der Waals surface area (Å²) in [6, 6.07) is 4.52. The predicted molar refractivity (Wildman–Crippen MR) is 83.6 cm³/mol. The predicted octanol–water partition coefficient (Wildman–Crippen LogP) is 3.54. The van der Waals surface area contributed by atoms with E-state index in [0.717, 1.165) is 38.2 Å². The highest BCUT2D eigenvalue weighted by atomic mass is 15.2. The summed E-state index contributed by atoms with van der Waals surface area (Å²) in [6.07, 6.45) is 7.16. The molecular weight excluding hydrogens is 234 g/mol. The molecule has 1 rings (SSSR count). The first-order valence-electron chi connectivity index (χ1n) is 7.21. The van der Waals surface area contributed by atoms with Gasteiger partial charge in [-0.25, -0.2) is 4.98 Å². The summed E-state index contributed by atoms with van der Waals surface area (Å²) in [7, 11) is 2.11. The Morgan fingerprint density at radius 1 is 1.53 bits per heavy atom. The number of allylic oxidation sites excluding steroid dienone is 1. The molecule has 0 saturated heterocycles. The number of unbranched alkanes of at least 4 members (excludes halogenated alkanes) is 1. The minimum absolute atomic E-state index is 0.338. The average Bonchev–Trinajstić information content (AvgIpc) is 2.45. The smallest absolute Gasteiger partial charge is 0.133 e. The summed E-state index contributed by atoms with van der Waals surface area (Å²) in [5.41, 5.74) is 1.28. The summed E-state index contributed by atoms with van der Waals surface area (Å²) in [6.45, 7) is 10.2. The minimum Gasteiger partial charge on any atom is -0.359 e. The van der Waals surface area contributed by atoms with E-state index < -0.39 is 0 Å². The normalized spacial score (nSPS) is 12.2. The second-order valence-electron chi connectivity index (χ2n) is 4.94. The standard InChI is InChI=1S/C16H27N3/c1-5-7-8-13-19(4)16-15(10-9-12-18-16)14(3)17-11-6-2/h5,9-10,12,14,17H,1,6-8,11,13H2,2-4H3. The average molecular weight is 261 g/mol. The molecule has 1 N–H and O–H groups in total. The number of pyridine rings is 1. The van der Waals surface area contributed by atoms with Crippen molar-refractivity contribution in [2.24, 2.45) is 0 Å². The number of aromatic nitrogens is 1. The molecule has 1 atom stereocenters. The lowest BCUT2D eigenvalue weighted by Gasteiger charge is -2.24. The molecule has 1 unspecified atom stereocenters. The van der Waals surface area contributed by atoms with Gasteiger partial charge in [-0.2, -0.15) is 0 Å². The van der Waals surface area contributed by atoms with Gasteiger partial charge in [-0.15, -0.1) is 6.58 Å². The zero-order valence-corrected chi connectivity index (χ0v) is 12.5. The van der Waals surface area contributed by atoms with Crippen LogP contribution in [0, 0.1) is 0 Å². The highest BCUT2D eigenvalue weighted by molar-refractivity contribution is 5.47. The van der Waals surface area contributed by atoms with Gasteiger partial charge in [-0.05, 0) is 38.8 Å². The SMILES string of the molecule is C=CCCCN(C)c1ncccc1C(C)NCCC.